The lowest BCUT2D eigenvalue weighted by molar-refractivity contribution is 0.0164. The van der Waals surface area contributed by atoms with Crippen LogP contribution >= 0.6 is 0 Å². The highest BCUT2D eigenvalue weighted by Crippen LogP contribution is 2.32. The number of carbonyl (C=O) groups is 1. The molecule has 0 N–H and O–H groups in total. The van der Waals surface area contributed by atoms with Crippen LogP contribution in [0.3, 0.4) is 0 Å². The summed E-state index contributed by atoms with van der Waals surface area (Å²) in [5.74, 6) is 1.40. The number of nitriles is 1. The Balaban J connectivity index is 1.65. The van der Waals surface area contributed by atoms with Crippen molar-refractivity contribution in [1.29, 1.82) is 5.26 Å². The Labute approximate surface area is 183 Å². The third-order valence-electron chi connectivity index (χ3n) is 5.03. The minimum Gasteiger partial charge on any atom is -0.490 e. The normalized spacial score (nSPS) is 15.1. The molecule has 0 unspecified atom stereocenters. The summed E-state index contributed by atoms with van der Waals surface area (Å²) < 4.78 is 17.3. The van der Waals surface area contributed by atoms with Crippen LogP contribution in [0.1, 0.15) is 53.0 Å². The summed E-state index contributed by atoms with van der Waals surface area (Å²) in [4.78, 5) is 18.4. The molecule has 7 heteroatoms. The molecule has 1 aliphatic rings. The summed E-state index contributed by atoms with van der Waals surface area (Å²) in [6.45, 7) is 11.3. The number of hydrogen-bond acceptors (Lipinski definition) is 6. The van der Waals surface area contributed by atoms with E-state index in [0.29, 0.717) is 42.8 Å². The van der Waals surface area contributed by atoms with Gasteiger partial charge in [-0.05, 0) is 77.0 Å². The number of carbonyl (C=O) groups excluding carboxylic acids is 1. The maximum atomic E-state index is 12.2. The van der Waals surface area contributed by atoms with Crippen LogP contribution in [0, 0.1) is 17.2 Å². The highest BCUT2D eigenvalue weighted by Gasteiger charge is 2.27. The smallest absolute Gasteiger partial charge is 0.410 e. The Morgan fingerprint density at radius 3 is 2.61 bits per heavy atom. The first-order chi connectivity index (χ1) is 14.7. The number of benzene rings is 1. The number of piperidine rings is 1. The Hall–Kier alpha value is -3.01. The van der Waals surface area contributed by atoms with Gasteiger partial charge in [0.1, 0.15) is 17.4 Å². The van der Waals surface area contributed by atoms with Gasteiger partial charge in [0.15, 0.2) is 0 Å². The van der Waals surface area contributed by atoms with Gasteiger partial charge in [0, 0.05) is 24.7 Å². The summed E-state index contributed by atoms with van der Waals surface area (Å²) in [7, 11) is 0. The van der Waals surface area contributed by atoms with Gasteiger partial charge in [-0.1, -0.05) is 0 Å². The summed E-state index contributed by atoms with van der Waals surface area (Å²) in [5, 5.41) is 11.2. The van der Waals surface area contributed by atoms with Crippen molar-refractivity contribution in [3.63, 3.8) is 0 Å². The Bertz CT molecular complexity index is 967. The quantitative estimate of drug-likeness (QED) is 0.676. The van der Waals surface area contributed by atoms with Crippen LogP contribution in [0.5, 0.6) is 11.6 Å². The summed E-state index contributed by atoms with van der Waals surface area (Å²) in [6, 6.07) is 7.70. The molecule has 1 aromatic carbocycles. The second kappa shape index (κ2) is 9.42. The van der Waals surface area contributed by atoms with E-state index in [9.17, 15) is 10.1 Å². The van der Waals surface area contributed by atoms with Crippen LogP contribution < -0.4 is 9.47 Å². The molecule has 0 atom stereocenters. The van der Waals surface area contributed by atoms with Crippen LogP contribution in [0.15, 0.2) is 24.4 Å². The molecule has 3 rings (SSSR count). The third kappa shape index (κ3) is 6.00. The lowest BCUT2D eigenvalue weighted by Gasteiger charge is -2.33. The molecule has 7 nitrogen and oxygen atoms in total. The van der Waals surface area contributed by atoms with Gasteiger partial charge in [0.2, 0.25) is 5.88 Å². The maximum absolute atomic E-state index is 12.2. The molecule has 0 radical (unpaired) electrons. The fourth-order valence-electron chi connectivity index (χ4n) is 3.53. The minimum atomic E-state index is -0.485. The average molecular weight is 426 g/mol. The van der Waals surface area contributed by atoms with Crippen molar-refractivity contribution in [1.82, 2.24) is 9.88 Å². The topological polar surface area (TPSA) is 84.7 Å². The van der Waals surface area contributed by atoms with Crippen LogP contribution in [-0.2, 0) is 4.74 Å². The Morgan fingerprint density at radius 2 is 2.00 bits per heavy atom. The minimum absolute atomic E-state index is 0.0410. The zero-order valence-corrected chi connectivity index (χ0v) is 19.0. The molecule has 166 valence electrons. The fourth-order valence-corrected chi connectivity index (χ4v) is 3.53. The molecule has 0 aliphatic carbocycles. The maximum Gasteiger partial charge on any atom is 0.410 e. The highest BCUT2D eigenvalue weighted by atomic mass is 16.6. The number of aromatic nitrogens is 1. The van der Waals surface area contributed by atoms with E-state index < -0.39 is 5.60 Å². The standard InChI is InChI=1S/C24H31N3O4/c1-16(2)30-21-13-20-18(12-19(21)14-25)6-9-26-22(20)29-15-17-7-10-27(11-8-17)23(28)31-24(3,4)5/h6,9,12-13,16-17H,7-8,10-11,15H2,1-5H3. The predicted octanol–water partition coefficient (Wildman–Crippen LogP) is 4.92. The fraction of sp³-hybridized carbons (Fsp3) is 0.542. The van der Waals surface area contributed by atoms with E-state index in [1.807, 2.05) is 46.8 Å². The molecule has 0 saturated carbocycles. The number of likely N-dealkylation sites (tertiary alicyclic amines) is 1. The van der Waals surface area contributed by atoms with Crippen molar-refractivity contribution in [3.05, 3.63) is 30.0 Å². The molecule has 1 aromatic heterocycles. The molecule has 1 saturated heterocycles. The lowest BCUT2D eigenvalue weighted by Crippen LogP contribution is -2.42. The SMILES string of the molecule is CC(C)Oc1cc2c(OCC3CCN(C(=O)OC(C)(C)C)CC3)nccc2cc1C#N. The van der Waals surface area contributed by atoms with Crippen molar-refractivity contribution in [2.24, 2.45) is 5.92 Å². The second-order valence-corrected chi connectivity index (χ2v) is 9.19. The van der Waals surface area contributed by atoms with E-state index in [0.717, 1.165) is 23.6 Å². The van der Waals surface area contributed by atoms with Gasteiger partial charge in [-0.2, -0.15) is 5.26 Å². The Morgan fingerprint density at radius 1 is 1.29 bits per heavy atom. The van der Waals surface area contributed by atoms with E-state index >= 15 is 0 Å². The number of amides is 1. The van der Waals surface area contributed by atoms with E-state index in [1.54, 1.807) is 17.2 Å². The highest BCUT2D eigenvalue weighted by molar-refractivity contribution is 5.89. The molecule has 1 amide bonds. The number of pyridine rings is 1. The van der Waals surface area contributed by atoms with Crippen LogP contribution in [0.25, 0.3) is 10.8 Å². The molecular formula is C24H31N3O4. The van der Waals surface area contributed by atoms with Gasteiger partial charge >= 0.3 is 6.09 Å². The van der Waals surface area contributed by atoms with Crippen LogP contribution in [-0.4, -0.2) is 47.4 Å². The molecule has 2 heterocycles. The molecule has 1 aliphatic heterocycles. The van der Waals surface area contributed by atoms with Crippen LogP contribution in [0.2, 0.25) is 0 Å². The monoisotopic (exact) mass is 425 g/mol. The zero-order valence-electron chi connectivity index (χ0n) is 19.0. The van der Waals surface area contributed by atoms with Crippen LogP contribution in [0.4, 0.5) is 4.79 Å². The average Bonchev–Trinajstić information content (AvgIpc) is 2.70. The Kier molecular flexibility index (Phi) is 6.89. The van der Waals surface area contributed by atoms with E-state index in [2.05, 4.69) is 11.1 Å². The van der Waals surface area contributed by atoms with Crippen molar-refractivity contribution in [3.8, 4) is 17.7 Å². The number of ether oxygens (including phenoxy) is 3. The molecule has 2 aromatic rings. The van der Waals surface area contributed by atoms with E-state index in [4.69, 9.17) is 14.2 Å². The predicted molar refractivity (Wildman–Crippen MR) is 118 cm³/mol. The first-order valence-corrected chi connectivity index (χ1v) is 10.8. The summed E-state index contributed by atoms with van der Waals surface area (Å²) in [6.07, 6.45) is 3.09. The lowest BCUT2D eigenvalue weighted by atomic mass is 9.98. The van der Waals surface area contributed by atoms with Crippen molar-refractivity contribution in [2.45, 2.75) is 59.2 Å². The first kappa shape index (κ1) is 22.7. The number of hydrogen-bond donors (Lipinski definition) is 0. The largest absolute Gasteiger partial charge is 0.490 e. The molecule has 1 fully saturated rings. The van der Waals surface area contributed by atoms with E-state index in [1.165, 1.54) is 0 Å². The van der Waals surface area contributed by atoms with Crippen molar-refractivity contribution < 1.29 is 19.0 Å². The first-order valence-electron chi connectivity index (χ1n) is 10.8. The zero-order chi connectivity index (χ0) is 22.6. The summed E-state index contributed by atoms with van der Waals surface area (Å²) in [5.41, 5.74) is 0.00790. The number of nitrogens with zero attached hydrogens (tertiary/aromatic N) is 3. The second-order valence-electron chi connectivity index (χ2n) is 9.19. The van der Waals surface area contributed by atoms with E-state index in [-0.39, 0.29) is 12.2 Å². The van der Waals surface area contributed by atoms with Gasteiger partial charge in [0.25, 0.3) is 0 Å². The van der Waals surface area contributed by atoms with Gasteiger partial charge in [0.05, 0.1) is 18.3 Å². The van der Waals surface area contributed by atoms with Gasteiger partial charge in [-0.25, -0.2) is 9.78 Å². The van der Waals surface area contributed by atoms with Gasteiger partial charge in [-0.3, -0.25) is 0 Å². The molecular weight excluding hydrogens is 394 g/mol. The third-order valence-corrected chi connectivity index (χ3v) is 5.03. The molecule has 0 spiro atoms. The number of rotatable bonds is 5. The van der Waals surface area contributed by atoms with Crippen molar-refractivity contribution >= 4 is 16.9 Å². The van der Waals surface area contributed by atoms with Gasteiger partial charge < -0.3 is 19.1 Å². The summed E-state index contributed by atoms with van der Waals surface area (Å²) >= 11 is 0. The number of fused-ring (bicyclic) bond motifs is 1. The molecule has 31 heavy (non-hydrogen) atoms. The van der Waals surface area contributed by atoms with Gasteiger partial charge in [-0.15, -0.1) is 0 Å². The van der Waals surface area contributed by atoms with Crippen molar-refractivity contribution in [2.75, 3.05) is 19.7 Å². The molecule has 0 bridgehead atoms.